The molecule has 2 fully saturated rings. The molecule has 9 nitrogen and oxygen atoms in total. The summed E-state index contributed by atoms with van der Waals surface area (Å²) in [4.78, 5) is 21.8. The van der Waals surface area contributed by atoms with E-state index in [2.05, 4.69) is 71.1 Å². The Morgan fingerprint density at radius 2 is 1.73 bits per heavy atom. The van der Waals surface area contributed by atoms with Crippen LogP contribution in [0.3, 0.4) is 0 Å². The molecule has 2 N–H and O–H groups in total. The summed E-state index contributed by atoms with van der Waals surface area (Å²) in [5, 5.41) is 11.7. The van der Waals surface area contributed by atoms with Crippen molar-refractivity contribution in [2.75, 3.05) is 50.0 Å². The Balaban J connectivity index is 1.09. The van der Waals surface area contributed by atoms with Crippen LogP contribution in [0.2, 0.25) is 0 Å². The molecule has 1 atom stereocenters. The van der Waals surface area contributed by atoms with Crippen LogP contribution in [0.25, 0.3) is 22.4 Å². The van der Waals surface area contributed by atoms with Crippen molar-refractivity contribution in [3.8, 4) is 22.4 Å². The van der Waals surface area contributed by atoms with Crippen LogP contribution in [0, 0.1) is 0 Å². The smallest absolute Gasteiger partial charge is 0.321 e. The van der Waals surface area contributed by atoms with E-state index in [4.69, 9.17) is 14.8 Å². The molecule has 7 rings (SSSR count). The largest absolute Gasteiger partial charge is 0.379 e. The Morgan fingerprint density at radius 3 is 2.48 bits per heavy atom. The SMILES string of the molecule is CCn1cc(-c2ccnc3c2CC(c2ccc(CN4CCOCC4)cc2)N3)c(-c2ccc(NC(=O)N3CCCCC3)cc2)n1. The second-order valence-electron chi connectivity index (χ2n) is 12.0. The number of piperidine rings is 1. The molecule has 2 saturated heterocycles. The lowest BCUT2D eigenvalue weighted by Crippen LogP contribution is -2.38. The molecule has 9 heteroatoms. The number of nitrogens with one attached hydrogen (secondary N) is 2. The van der Waals surface area contributed by atoms with Crippen LogP contribution in [-0.4, -0.2) is 70.0 Å². The van der Waals surface area contributed by atoms with Gasteiger partial charge in [-0.05, 0) is 61.1 Å². The van der Waals surface area contributed by atoms with E-state index < -0.39 is 0 Å². The zero-order valence-electron chi connectivity index (χ0n) is 25.5. The first kappa shape index (κ1) is 28.6. The van der Waals surface area contributed by atoms with Gasteiger partial charge in [0, 0.05) is 80.5 Å². The van der Waals surface area contributed by atoms with E-state index in [-0.39, 0.29) is 12.1 Å². The molecular formula is C35H41N7O2. The summed E-state index contributed by atoms with van der Waals surface area (Å²) in [6.45, 7) is 9.12. The fraction of sp³-hybridized carbons (Fsp3) is 0.400. The third-order valence-corrected chi connectivity index (χ3v) is 9.10. The number of likely N-dealkylation sites (tertiary alicyclic amines) is 1. The van der Waals surface area contributed by atoms with E-state index in [9.17, 15) is 4.79 Å². The molecule has 4 aromatic rings. The first-order valence-electron chi connectivity index (χ1n) is 16.0. The summed E-state index contributed by atoms with van der Waals surface area (Å²) in [7, 11) is 0. The molecule has 0 bridgehead atoms. The molecule has 0 radical (unpaired) electrons. The van der Waals surface area contributed by atoms with Gasteiger partial charge in [0.25, 0.3) is 0 Å². The van der Waals surface area contributed by atoms with Crippen molar-refractivity contribution in [3.63, 3.8) is 0 Å². The molecule has 5 heterocycles. The number of urea groups is 1. The van der Waals surface area contributed by atoms with Crippen molar-refractivity contribution in [2.24, 2.45) is 0 Å². The number of carbonyl (C=O) groups is 1. The van der Waals surface area contributed by atoms with Crippen LogP contribution in [0.1, 0.15) is 48.9 Å². The van der Waals surface area contributed by atoms with Gasteiger partial charge in [-0.1, -0.05) is 36.4 Å². The molecule has 0 aliphatic carbocycles. The highest BCUT2D eigenvalue weighted by atomic mass is 16.5. The summed E-state index contributed by atoms with van der Waals surface area (Å²) in [6.07, 6.45) is 8.24. The van der Waals surface area contributed by atoms with Crippen molar-refractivity contribution in [1.29, 1.82) is 0 Å². The number of nitrogens with zero attached hydrogens (tertiary/aromatic N) is 5. The van der Waals surface area contributed by atoms with Gasteiger partial charge in [-0.25, -0.2) is 9.78 Å². The molecule has 3 aliphatic rings. The molecule has 2 amide bonds. The van der Waals surface area contributed by atoms with Crippen LogP contribution < -0.4 is 10.6 Å². The van der Waals surface area contributed by atoms with Crippen molar-refractivity contribution in [3.05, 3.63) is 83.7 Å². The summed E-state index contributed by atoms with van der Waals surface area (Å²) >= 11 is 0. The number of aromatic nitrogens is 3. The highest BCUT2D eigenvalue weighted by molar-refractivity contribution is 5.90. The molecule has 228 valence electrons. The number of amides is 2. The Hall–Kier alpha value is -4.21. The van der Waals surface area contributed by atoms with Crippen LogP contribution in [0.5, 0.6) is 0 Å². The Kier molecular flexibility index (Phi) is 8.31. The normalized spacial score (nSPS) is 18.6. The quantitative estimate of drug-likeness (QED) is 0.267. The fourth-order valence-corrected chi connectivity index (χ4v) is 6.57. The number of anilines is 2. The Morgan fingerprint density at radius 1 is 0.955 bits per heavy atom. The lowest BCUT2D eigenvalue weighted by atomic mass is 9.95. The second kappa shape index (κ2) is 12.8. The lowest BCUT2D eigenvalue weighted by Gasteiger charge is -2.26. The fourth-order valence-electron chi connectivity index (χ4n) is 6.57. The summed E-state index contributed by atoms with van der Waals surface area (Å²) in [5.41, 5.74) is 8.83. The van der Waals surface area contributed by atoms with Gasteiger partial charge in [-0.15, -0.1) is 0 Å². The van der Waals surface area contributed by atoms with Gasteiger partial charge < -0.3 is 20.3 Å². The number of morpholine rings is 1. The number of ether oxygens (including phenoxy) is 1. The van der Waals surface area contributed by atoms with Gasteiger partial charge in [0.2, 0.25) is 0 Å². The molecule has 0 spiro atoms. The first-order chi connectivity index (χ1) is 21.6. The van der Waals surface area contributed by atoms with Crippen molar-refractivity contribution < 1.29 is 9.53 Å². The highest BCUT2D eigenvalue weighted by Gasteiger charge is 2.28. The van der Waals surface area contributed by atoms with Gasteiger partial charge in [0.1, 0.15) is 11.5 Å². The lowest BCUT2D eigenvalue weighted by molar-refractivity contribution is 0.0342. The number of carbonyl (C=O) groups excluding carboxylic acids is 1. The zero-order valence-corrected chi connectivity index (χ0v) is 25.5. The maximum absolute atomic E-state index is 12.7. The van der Waals surface area contributed by atoms with Gasteiger partial charge in [0.15, 0.2) is 0 Å². The van der Waals surface area contributed by atoms with E-state index in [0.29, 0.717) is 0 Å². The predicted molar refractivity (Wildman–Crippen MR) is 174 cm³/mol. The molecule has 0 saturated carbocycles. The van der Waals surface area contributed by atoms with Crippen LogP contribution in [-0.2, 0) is 24.2 Å². The summed E-state index contributed by atoms with van der Waals surface area (Å²) < 4.78 is 7.49. The monoisotopic (exact) mass is 591 g/mol. The van der Waals surface area contributed by atoms with Crippen LogP contribution in [0.4, 0.5) is 16.3 Å². The van der Waals surface area contributed by atoms with Gasteiger partial charge in [0.05, 0.1) is 19.3 Å². The second-order valence-corrected chi connectivity index (χ2v) is 12.0. The third-order valence-electron chi connectivity index (χ3n) is 9.10. The Labute approximate surface area is 259 Å². The number of benzene rings is 2. The standard InChI is InChI=1S/C35H41N7O2/c1-2-42-24-31(33(39-42)27-10-12-28(13-11-27)37-35(43)41-16-4-3-5-17-41)29-14-15-36-34-30(29)22-32(38-34)26-8-6-25(7-9-26)23-40-18-20-44-21-19-40/h6-15,24,32H,2-5,16-23H2,1H3,(H,36,38)(H,37,43). The topological polar surface area (TPSA) is 87.5 Å². The summed E-state index contributed by atoms with van der Waals surface area (Å²) in [5.74, 6) is 0.941. The highest BCUT2D eigenvalue weighted by Crippen LogP contribution is 2.41. The average Bonchev–Trinajstić information content (AvgIpc) is 3.71. The van der Waals surface area contributed by atoms with E-state index in [1.54, 1.807) is 0 Å². The summed E-state index contributed by atoms with van der Waals surface area (Å²) in [6, 6.07) is 19.3. The van der Waals surface area contributed by atoms with Gasteiger partial charge >= 0.3 is 6.03 Å². The van der Waals surface area contributed by atoms with E-state index in [0.717, 1.165) is 106 Å². The molecular weight excluding hydrogens is 550 g/mol. The zero-order chi connectivity index (χ0) is 29.9. The number of rotatable bonds is 7. The number of fused-ring (bicyclic) bond motifs is 1. The van der Waals surface area contributed by atoms with Crippen LogP contribution >= 0.6 is 0 Å². The molecule has 44 heavy (non-hydrogen) atoms. The van der Waals surface area contributed by atoms with E-state index in [1.807, 2.05) is 27.9 Å². The molecule has 1 unspecified atom stereocenters. The van der Waals surface area contributed by atoms with Crippen molar-refractivity contribution >= 4 is 17.5 Å². The predicted octanol–water partition coefficient (Wildman–Crippen LogP) is 6.19. The van der Waals surface area contributed by atoms with Crippen molar-refractivity contribution in [2.45, 2.75) is 51.7 Å². The minimum Gasteiger partial charge on any atom is -0.379 e. The minimum atomic E-state index is -0.0189. The van der Waals surface area contributed by atoms with Gasteiger partial charge in [-0.2, -0.15) is 5.10 Å². The first-order valence-corrected chi connectivity index (χ1v) is 16.0. The maximum Gasteiger partial charge on any atom is 0.321 e. The van der Waals surface area contributed by atoms with Crippen molar-refractivity contribution in [1.82, 2.24) is 24.6 Å². The number of pyridine rings is 1. The maximum atomic E-state index is 12.7. The minimum absolute atomic E-state index is 0.0189. The number of hydrogen-bond acceptors (Lipinski definition) is 6. The van der Waals surface area contributed by atoms with Crippen LogP contribution in [0.15, 0.2) is 67.0 Å². The van der Waals surface area contributed by atoms with E-state index in [1.165, 1.54) is 23.1 Å². The third kappa shape index (κ3) is 6.07. The molecule has 3 aliphatic heterocycles. The number of aryl methyl sites for hydroxylation is 1. The number of hydrogen-bond donors (Lipinski definition) is 2. The molecule has 2 aromatic carbocycles. The molecule has 2 aromatic heterocycles. The Bertz CT molecular complexity index is 1590. The average molecular weight is 592 g/mol. The van der Waals surface area contributed by atoms with Gasteiger partial charge in [-0.3, -0.25) is 9.58 Å². The van der Waals surface area contributed by atoms with E-state index >= 15 is 0 Å².